The zero-order valence-electron chi connectivity index (χ0n) is 10.4. The number of aliphatic carboxylic acids is 1. The van der Waals surface area contributed by atoms with Crippen LogP contribution in [-0.2, 0) is 9.63 Å². The number of hydroxylamine groups is 1. The fourth-order valence-electron chi connectivity index (χ4n) is 1.55. The molecule has 1 aromatic rings. The third-order valence-corrected chi connectivity index (χ3v) is 2.25. The van der Waals surface area contributed by atoms with Gasteiger partial charge in [-0.2, -0.15) is 0 Å². The van der Waals surface area contributed by atoms with Crippen LogP contribution in [0.2, 0.25) is 0 Å². The Balaban J connectivity index is 2.44. The Morgan fingerprint density at radius 3 is 2.67 bits per heavy atom. The highest BCUT2D eigenvalue weighted by Crippen LogP contribution is 2.20. The predicted molar refractivity (Wildman–Crippen MR) is 61.9 cm³/mol. The summed E-state index contributed by atoms with van der Waals surface area (Å²) >= 11 is 0. The number of aryl methyl sites for hydroxylation is 2. The maximum Gasteiger partial charge on any atom is 0.339 e. The van der Waals surface area contributed by atoms with E-state index in [1.54, 1.807) is 13.8 Å². The van der Waals surface area contributed by atoms with Gasteiger partial charge >= 0.3 is 12.0 Å². The molecule has 3 N–H and O–H groups in total. The normalized spacial score (nSPS) is 11.9. The molecule has 0 saturated heterocycles. The Kier molecular flexibility index (Phi) is 4.73. The Bertz CT molecular complexity index is 441. The molecule has 1 unspecified atom stereocenters. The molecular weight excluding hydrogens is 240 g/mol. The number of nitrogens with one attached hydrogen (secondary N) is 2. The van der Waals surface area contributed by atoms with Gasteiger partial charge in [0.1, 0.15) is 11.5 Å². The Hall–Kier alpha value is -2.02. The molecule has 0 bridgehead atoms. The lowest BCUT2D eigenvalue weighted by Crippen LogP contribution is -2.38. The van der Waals surface area contributed by atoms with E-state index >= 15 is 0 Å². The summed E-state index contributed by atoms with van der Waals surface area (Å²) in [4.78, 5) is 26.0. The summed E-state index contributed by atoms with van der Waals surface area (Å²) in [5.41, 5.74) is 2.84. The van der Waals surface area contributed by atoms with Gasteiger partial charge in [0, 0.05) is 5.56 Å². The smallest absolute Gasteiger partial charge is 0.339 e. The lowest BCUT2D eigenvalue weighted by atomic mass is 10.1. The minimum atomic E-state index is -1.16. The molecule has 0 aliphatic heterocycles. The molecule has 0 aromatic carbocycles. The molecule has 1 atom stereocenters. The molecule has 100 valence electrons. The highest BCUT2D eigenvalue weighted by Gasteiger charge is 2.15. The summed E-state index contributed by atoms with van der Waals surface area (Å²) in [7, 11) is 0. The van der Waals surface area contributed by atoms with E-state index in [4.69, 9.17) is 9.52 Å². The zero-order chi connectivity index (χ0) is 13.7. The van der Waals surface area contributed by atoms with Gasteiger partial charge in [0.25, 0.3) is 0 Å². The molecule has 7 nitrogen and oxygen atoms in total. The average molecular weight is 256 g/mol. The molecule has 0 aliphatic rings. The van der Waals surface area contributed by atoms with Crippen LogP contribution in [0.25, 0.3) is 0 Å². The second-order valence-electron chi connectivity index (χ2n) is 3.85. The van der Waals surface area contributed by atoms with E-state index in [9.17, 15) is 9.59 Å². The monoisotopic (exact) mass is 256 g/mol. The number of carbonyl (C=O) groups excluding carboxylic acids is 1. The third-order valence-electron chi connectivity index (χ3n) is 2.25. The number of furan rings is 1. The van der Waals surface area contributed by atoms with Crippen molar-refractivity contribution >= 4 is 12.0 Å². The van der Waals surface area contributed by atoms with Gasteiger partial charge in [-0.1, -0.05) is 0 Å². The summed E-state index contributed by atoms with van der Waals surface area (Å²) in [6.07, 6.45) is 0. The van der Waals surface area contributed by atoms with E-state index in [0.717, 1.165) is 17.1 Å². The summed E-state index contributed by atoms with van der Waals surface area (Å²) in [6.45, 7) is 4.82. The standard InChI is InChI=1S/C11H16N2O5/c1-6-4-9(8(3)18-6)7(2)12-11(16)13-17-5-10(14)15/h4,7H,5H2,1-3H3,(H,14,15)(H2,12,13,16). The van der Waals surface area contributed by atoms with Crippen molar-refractivity contribution in [3.63, 3.8) is 0 Å². The van der Waals surface area contributed by atoms with Crippen molar-refractivity contribution in [3.05, 3.63) is 23.2 Å². The first-order chi connectivity index (χ1) is 8.40. The largest absolute Gasteiger partial charge is 0.479 e. The number of urea groups is 1. The van der Waals surface area contributed by atoms with Crippen molar-refractivity contribution in [1.29, 1.82) is 0 Å². The van der Waals surface area contributed by atoms with Crippen LogP contribution >= 0.6 is 0 Å². The summed E-state index contributed by atoms with van der Waals surface area (Å²) in [5, 5.41) is 10.9. The molecule has 0 aliphatic carbocycles. The summed E-state index contributed by atoms with van der Waals surface area (Å²) in [5.74, 6) is 0.329. The van der Waals surface area contributed by atoms with Crippen LogP contribution in [0.5, 0.6) is 0 Å². The van der Waals surface area contributed by atoms with Crippen LogP contribution in [0.4, 0.5) is 4.79 Å². The van der Waals surface area contributed by atoms with E-state index < -0.39 is 18.6 Å². The Morgan fingerprint density at radius 1 is 1.50 bits per heavy atom. The highest BCUT2D eigenvalue weighted by molar-refractivity contribution is 5.74. The first kappa shape index (κ1) is 14.0. The van der Waals surface area contributed by atoms with Crippen molar-refractivity contribution in [2.45, 2.75) is 26.8 Å². The topological polar surface area (TPSA) is 101 Å². The maximum atomic E-state index is 11.4. The fraction of sp³-hybridized carbons (Fsp3) is 0.455. The van der Waals surface area contributed by atoms with Gasteiger partial charge in [0.2, 0.25) is 0 Å². The average Bonchev–Trinajstić information content (AvgIpc) is 2.57. The minimum Gasteiger partial charge on any atom is -0.479 e. The van der Waals surface area contributed by atoms with Crippen molar-refractivity contribution in [3.8, 4) is 0 Å². The number of carboxylic acid groups (broad SMARTS) is 1. The van der Waals surface area contributed by atoms with Crippen LogP contribution in [0, 0.1) is 13.8 Å². The molecule has 1 rings (SSSR count). The molecule has 0 saturated carbocycles. The van der Waals surface area contributed by atoms with Gasteiger partial charge in [-0.05, 0) is 26.8 Å². The van der Waals surface area contributed by atoms with E-state index in [2.05, 4.69) is 10.2 Å². The fourth-order valence-corrected chi connectivity index (χ4v) is 1.55. The first-order valence-electron chi connectivity index (χ1n) is 5.37. The molecular formula is C11H16N2O5. The number of rotatable bonds is 5. The van der Waals surface area contributed by atoms with Gasteiger partial charge in [-0.3, -0.25) is 4.84 Å². The van der Waals surface area contributed by atoms with E-state index in [1.165, 1.54) is 0 Å². The number of carboxylic acids is 1. The Labute approximate surface area is 104 Å². The van der Waals surface area contributed by atoms with Crippen molar-refractivity contribution in [2.75, 3.05) is 6.61 Å². The van der Waals surface area contributed by atoms with E-state index in [0.29, 0.717) is 0 Å². The predicted octanol–water partition coefficient (Wildman–Crippen LogP) is 1.27. The highest BCUT2D eigenvalue weighted by atomic mass is 16.7. The van der Waals surface area contributed by atoms with Crippen LogP contribution in [0.15, 0.2) is 10.5 Å². The third kappa shape index (κ3) is 4.10. The maximum absolute atomic E-state index is 11.4. The number of carbonyl (C=O) groups is 2. The van der Waals surface area contributed by atoms with Crippen molar-refractivity contribution < 1.29 is 24.0 Å². The summed E-state index contributed by atoms with van der Waals surface area (Å²) < 4.78 is 5.35. The van der Waals surface area contributed by atoms with E-state index in [-0.39, 0.29) is 6.04 Å². The van der Waals surface area contributed by atoms with Gasteiger partial charge in [-0.15, -0.1) is 0 Å². The van der Waals surface area contributed by atoms with Crippen molar-refractivity contribution in [1.82, 2.24) is 10.8 Å². The first-order valence-corrected chi connectivity index (χ1v) is 5.37. The van der Waals surface area contributed by atoms with Gasteiger partial charge < -0.3 is 14.8 Å². The zero-order valence-corrected chi connectivity index (χ0v) is 10.4. The van der Waals surface area contributed by atoms with Gasteiger partial charge in [0.15, 0.2) is 6.61 Å². The quantitative estimate of drug-likeness (QED) is 0.689. The second-order valence-corrected chi connectivity index (χ2v) is 3.85. The number of hydrogen-bond acceptors (Lipinski definition) is 4. The van der Waals surface area contributed by atoms with Gasteiger partial charge in [0.05, 0.1) is 6.04 Å². The molecule has 1 heterocycles. The minimum absolute atomic E-state index is 0.268. The van der Waals surface area contributed by atoms with Crippen LogP contribution < -0.4 is 10.8 Å². The molecule has 2 amide bonds. The SMILES string of the molecule is Cc1cc(C(C)NC(=O)NOCC(=O)O)c(C)o1. The molecule has 0 radical (unpaired) electrons. The molecule has 0 spiro atoms. The summed E-state index contributed by atoms with van der Waals surface area (Å²) in [6, 6.07) is 0.955. The van der Waals surface area contributed by atoms with Gasteiger partial charge in [-0.25, -0.2) is 15.1 Å². The molecule has 7 heteroatoms. The van der Waals surface area contributed by atoms with Crippen LogP contribution in [-0.4, -0.2) is 23.7 Å². The number of amides is 2. The van der Waals surface area contributed by atoms with Crippen molar-refractivity contribution in [2.24, 2.45) is 0 Å². The second kappa shape index (κ2) is 6.06. The molecule has 18 heavy (non-hydrogen) atoms. The van der Waals surface area contributed by atoms with Crippen LogP contribution in [0.1, 0.15) is 30.0 Å². The molecule has 0 fully saturated rings. The lowest BCUT2D eigenvalue weighted by Gasteiger charge is -2.13. The van der Waals surface area contributed by atoms with E-state index in [1.807, 2.05) is 18.5 Å². The lowest BCUT2D eigenvalue weighted by molar-refractivity contribution is -0.144. The Morgan fingerprint density at radius 2 is 2.17 bits per heavy atom. The number of hydrogen-bond donors (Lipinski definition) is 3. The van der Waals surface area contributed by atoms with Crippen LogP contribution in [0.3, 0.4) is 0 Å². The molecule has 1 aromatic heterocycles.